The SMILES string of the molecule is O=C1c2cccc3cccc(c23)N1CCCCS(=O)(=O)O.[H-].[Na+]. The summed E-state index contributed by atoms with van der Waals surface area (Å²) in [5.41, 5.74) is 1.57. The van der Waals surface area contributed by atoms with Crippen LogP contribution in [0.25, 0.3) is 10.8 Å². The normalized spacial score (nSPS) is 13.5. The maximum atomic E-state index is 12.4. The van der Waals surface area contributed by atoms with Crippen LogP contribution in [0.3, 0.4) is 0 Å². The molecule has 0 atom stereocenters. The molecule has 1 heterocycles. The Bertz CT molecular complexity index is 820. The van der Waals surface area contributed by atoms with Crippen LogP contribution in [-0.4, -0.2) is 31.2 Å². The van der Waals surface area contributed by atoms with Gasteiger partial charge in [-0.3, -0.25) is 9.35 Å². The number of hydrogen-bond donors (Lipinski definition) is 1. The van der Waals surface area contributed by atoms with Crippen LogP contribution in [0.5, 0.6) is 0 Å². The summed E-state index contributed by atoms with van der Waals surface area (Å²) in [7, 11) is -3.93. The van der Waals surface area contributed by atoms with Gasteiger partial charge in [0.2, 0.25) is 0 Å². The Hall–Kier alpha value is -0.920. The number of amides is 1. The minimum atomic E-state index is -3.93. The largest absolute Gasteiger partial charge is 1.00 e. The van der Waals surface area contributed by atoms with Crippen molar-refractivity contribution in [3.8, 4) is 0 Å². The molecule has 2 aromatic carbocycles. The van der Waals surface area contributed by atoms with Crippen molar-refractivity contribution in [2.75, 3.05) is 17.2 Å². The van der Waals surface area contributed by atoms with Crippen LogP contribution in [0.2, 0.25) is 0 Å². The second kappa shape index (κ2) is 6.68. The molecule has 112 valence electrons. The second-order valence-corrected chi connectivity index (χ2v) is 6.70. The second-order valence-electron chi connectivity index (χ2n) is 5.13. The van der Waals surface area contributed by atoms with Crippen LogP contribution >= 0.6 is 0 Å². The first-order chi connectivity index (χ1) is 9.97. The smallest absolute Gasteiger partial charge is 1.00 e. The molecule has 2 aromatic rings. The van der Waals surface area contributed by atoms with E-state index in [1.165, 1.54) is 0 Å². The molecule has 0 aromatic heterocycles. The molecule has 0 saturated carbocycles. The minimum Gasteiger partial charge on any atom is -1.00 e. The standard InChI is InChI=1S/C15H15NO4S.Na.H/c17-15-12-7-3-5-11-6-4-8-13(14(11)12)16(15)9-1-2-10-21(18,19)20;;/h3-8H,1-2,9-10H2,(H,18,19,20);;/q;+1;-1. The maximum absolute atomic E-state index is 12.4. The number of rotatable bonds is 5. The Labute approximate surface area is 152 Å². The van der Waals surface area contributed by atoms with E-state index in [2.05, 4.69) is 0 Å². The fourth-order valence-electron chi connectivity index (χ4n) is 2.76. The van der Waals surface area contributed by atoms with Gasteiger partial charge < -0.3 is 6.33 Å². The van der Waals surface area contributed by atoms with Gasteiger partial charge in [0.15, 0.2) is 0 Å². The molecule has 0 unspecified atom stereocenters. The minimum absolute atomic E-state index is 0. The third-order valence-electron chi connectivity index (χ3n) is 3.68. The summed E-state index contributed by atoms with van der Waals surface area (Å²) in [5.74, 6) is -0.319. The van der Waals surface area contributed by atoms with Gasteiger partial charge >= 0.3 is 29.6 Å². The number of carbonyl (C=O) groups is 1. The number of unbranched alkanes of at least 4 members (excludes halogenated alkanes) is 1. The molecule has 1 aliphatic rings. The third-order valence-corrected chi connectivity index (χ3v) is 4.49. The van der Waals surface area contributed by atoms with E-state index in [-0.39, 0.29) is 42.6 Å². The van der Waals surface area contributed by atoms with Gasteiger partial charge in [0.05, 0.1) is 11.4 Å². The molecule has 0 saturated heterocycles. The summed E-state index contributed by atoms with van der Waals surface area (Å²) in [6, 6.07) is 11.4. The van der Waals surface area contributed by atoms with Gasteiger partial charge in [-0.25, -0.2) is 0 Å². The Morgan fingerprint density at radius 3 is 2.45 bits per heavy atom. The van der Waals surface area contributed by atoms with Crippen molar-refractivity contribution in [2.45, 2.75) is 12.8 Å². The number of carbonyl (C=O) groups excluding carboxylic acids is 1. The number of nitrogens with zero attached hydrogens (tertiary/aromatic N) is 1. The average molecular weight is 329 g/mol. The molecule has 0 radical (unpaired) electrons. The van der Waals surface area contributed by atoms with Crippen LogP contribution in [0.15, 0.2) is 36.4 Å². The molecular formula is C15H16NNaO4S. The summed E-state index contributed by atoms with van der Waals surface area (Å²) < 4.78 is 30.1. The van der Waals surface area contributed by atoms with Crippen LogP contribution < -0.4 is 34.5 Å². The summed E-state index contributed by atoms with van der Waals surface area (Å²) in [5, 5.41) is 1.98. The molecule has 1 amide bonds. The van der Waals surface area contributed by atoms with E-state index in [0.717, 1.165) is 16.5 Å². The molecular weight excluding hydrogens is 313 g/mol. The van der Waals surface area contributed by atoms with E-state index in [1.807, 2.05) is 36.4 Å². The first-order valence-corrected chi connectivity index (χ1v) is 8.37. The Kier molecular flexibility index (Phi) is 5.29. The van der Waals surface area contributed by atoms with Crippen molar-refractivity contribution in [3.63, 3.8) is 0 Å². The Balaban J connectivity index is 0.00000132. The summed E-state index contributed by atoms with van der Waals surface area (Å²) in [4.78, 5) is 14.1. The molecule has 0 fully saturated rings. The van der Waals surface area contributed by atoms with Gasteiger partial charge in [-0.2, -0.15) is 8.42 Å². The van der Waals surface area contributed by atoms with Crippen molar-refractivity contribution < 1.29 is 48.7 Å². The predicted octanol–water partition coefficient (Wildman–Crippen LogP) is -0.415. The molecule has 0 bridgehead atoms. The van der Waals surface area contributed by atoms with Crippen LogP contribution in [0.4, 0.5) is 5.69 Å². The zero-order chi connectivity index (χ0) is 15.0. The van der Waals surface area contributed by atoms with Crippen LogP contribution in [-0.2, 0) is 10.1 Å². The number of anilines is 1. The zero-order valence-corrected chi connectivity index (χ0v) is 15.1. The van der Waals surface area contributed by atoms with Gasteiger partial charge in [-0.15, -0.1) is 0 Å². The third kappa shape index (κ3) is 3.36. The zero-order valence-electron chi connectivity index (χ0n) is 13.3. The van der Waals surface area contributed by atoms with Crippen LogP contribution in [0, 0.1) is 0 Å². The number of hydrogen-bond acceptors (Lipinski definition) is 3. The number of benzene rings is 2. The molecule has 0 aliphatic carbocycles. The van der Waals surface area contributed by atoms with Gasteiger partial charge in [0.1, 0.15) is 0 Å². The van der Waals surface area contributed by atoms with Crippen molar-refractivity contribution in [1.82, 2.24) is 0 Å². The quantitative estimate of drug-likeness (QED) is 0.459. The van der Waals surface area contributed by atoms with E-state index < -0.39 is 10.1 Å². The van der Waals surface area contributed by atoms with E-state index in [4.69, 9.17) is 4.55 Å². The van der Waals surface area contributed by atoms with Crippen molar-refractivity contribution in [1.29, 1.82) is 0 Å². The summed E-state index contributed by atoms with van der Waals surface area (Å²) in [6.07, 6.45) is 0.852. The predicted molar refractivity (Wildman–Crippen MR) is 82.4 cm³/mol. The van der Waals surface area contributed by atoms with E-state index >= 15 is 0 Å². The fourth-order valence-corrected chi connectivity index (χ4v) is 3.32. The van der Waals surface area contributed by atoms with Crippen molar-refractivity contribution in [2.24, 2.45) is 0 Å². The molecule has 7 heteroatoms. The molecule has 1 aliphatic heterocycles. The first kappa shape index (κ1) is 17.4. The van der Waals surface area contributed by atoms with Crippen LogP contribution in [0.1, 0.15) is 24.6 Å². The summed E-state index contributed by atoms with van der Waals surface area (Å²) in [6.45, 7) is 0.447. The Morgan fingerprint density at radius 1 is 1.09 bits per heavy atom. The summed E-state index contributed by atoms with van der Waals surface area (Å²) >= 11 is 0. The molecule has 3 rings (SSSR count). The van der Waals surface area contributed by atoms with E-state index in [0.29, 0.717) is 24.9 Å². The first-order valence-electron chi connectivity index (χ1n) is 6.76. The Morgan fingerprint density at radius 2 is 1.77 bits per heavy atom. The van der Waals surface area contributed by atoms with Crippen molar-refractivity contribution >= 4 is 32.5 Å². The topological polar surface area (TPSA) is 74.7 Å². The van der Waals surface area contributed by atoms with E-state index in [9.17, 15) is 13.2 Å². The fraction of sp³-hybridized carbons (Fsp3) is 0.267. The monoisotopic (exact) mass is 329 g/mol. The van der Waals surface area contributed by atoms with Gasteiger partial charge in [0.25, 0.3) is 16.0 Å². The average Bonchev–Trinajstić information content (AvgIpc) is 2.70. The van der Waals surface area contributed by atoms with Gasteiger partial charge in [0, 0.05) is 17.5 Å². The van der Waals surface area contributed by atoms with Gasteiger partial charge in [-0.1, -0.05) is 24.3 Å². The van der Waals surface area contributed by atoms with E-state index in [1.54, 1.807) is 4.90 Å². The van der Waals surface area contributed by atoms with Crippen molar-refractivity contribution in [3.05, 3.63) is 42.0 Å². The molecule has 22 heavy (non-hydrogen) atoms. The molecule has 1 N–H and O–H groups in total. The maximum Gasteiger partial charge on any atom is 1.00 e. The molecule has 5 nitrogen and oxygen atoms in total. The molecule has 0 spiro atoms. The van der Waals surface area contributed by atoms with Gasteiger partial charge in [-0.05, 0) is 30.4 Å².